The molecule has 1 aromatic rings. The van der Waals surface area contributed by atoms with E-state index < -0.39 is 0 Å². The van der Waals surface area contributed by atoms with Gasteiger partial charge in [0.1, 0.15) is 12.2 Å². The van der Waals surface area contributed by atoms with Gasteiger partial charge < -0.3 is 18.9 Å². The highest BCUT2D eigenvalue weighted by Crippen LogP contribution is 2.36. The maximum Gasteiger partial charge on any atom is 0.184 e. The van der Waals surface area contributed by atoms with Crippen molar-refractivity contribution in [2.24, 2.45) is 0 Å². The molecule has 0 spiro atoms. The van der Waals surface area contributed by atoms with Crippen molar-refractivity contribution in [2.45, 2.75) is 57.1 Å². The standard InChI is InChI=1S/C16H22O4/c1-3-12-15-13(17-2)9-14(16(19-12)20-15)18-10-11-7-5-4-6-8-11/h4-8,12-16H,3,9-10H2,1-2H3. The average molecular weight is 278 g/mol. The second-order valence-corrected chi connectivity index (χ2v) is 5.40. The highest BCUT2D eigenvalue weighted by Gasteiger charge is 2.49. The summed E-state index contributed by atoms with van der Waals surface area (Å²) in [5.74, 6) is 0. The molecular weight excluding hydrogens is 256 g/mol. The summed E-state index contributed by atoms with van der Waals surface area (Å²) in [6, 6.07) is 10.2. The van der Waals surface area contributed by atoms with Crippen LogP contribution in [0.4, 0.5) is 0 Å². The van der Waals surface area contributed by atoms with Crippen molar-refractivity contribution in [1.29, 1.82) is 0 Å². The molecule has 0 amide bonds. The summed E-state index contributed by atoms with van der Waals surface area (Å²) in [5.41, 5.74) is 1.16. The second-order valence-electron chi connectivity index (χ2n) is 5.40. The summed E-state index contributed by atoms with van der Waals surface area (Å²) in [7, 11) is 1.73. The maximum absolute atomic E-state index is 5.99. The summed E-state index contributed by atoms with van der Waals surface area (Å²) in [4.78, 5) is 0. The van der Waals surface area contributed by atoms with E-state index in [2.05, 4.69) is 19.1 Å². The van der Waals surface area contributed by atoms with E-state index in [1.165, 1.54) is 0 Å². The van der Waals surface area contributed by atoms with Gasteiger partial charge in [-0.2, -0.15) is 0 Å². The Morgan fingerprint density at radius 2 is 1.95 bits per heavy atom. The zero-order valence-electron chi connectivity index (χ0n) is 12.0. The van der Waals surface area contributed by atoms with Crippen LogP contribution in [-0.2, 0) is 25.6 Å². The fourth-order valence-electron chi connectivity index (χ4n) is 2.98. The van der Waals surface area contributed by atoms with Crippen LogP contribution < -0.4 is 0 Å². The molecule has 20 heavy (non-hydrogen) atoms. The fourth-order valence-corrected chi connectivity index (χ4v) is 2.98. The summed E-state index contributed by atoms with van der Waals surface area (Å²) in [6.45, 7) is 2.69. The lowest BCUT2D eigenvalue weighted by atomic mass is 9.99. The minimum Gasteiger partial charge on any atom is -0.379 e. The van der Waals surface area contributed by atoms with Crippen LogP contribution in [-0.4, -0.2) is 37.8 Å². The molecule has 2 saturated heterocycles. The van der Waals surface area contributed by atoms with E-state index in [0.717, 1.165) is 18.4 Å². The summed E-state index contributed by atoms with van der Waals surface area (Å²) in [6.07, 6.45) is 1.68. The molecule has 0 saturated carbocycles. The van der Waals surface area contributed by atoms with Crippen LogP contribution in [0.5, 0.6) is 0 Å². The summed E-state index contributed by atoms with van der Waals surface area (Å²) >= 11 is 0. The minimum atomic E-state index is -0.250. The van der Waals surface area contributed by atoms with Crippen LogP contribution in [0, 0.1) is 0 Å². The summed E-state index contributed by atoms with van der Waals surface area (Å²) < 4.78 is 23.4. The molecule has 2 fully saturated rings. The number of rotatable bonds is 5. The van der Waals surface area contributed by atoms with Crippen LogP contribution in [0.3, 0.4) is 0 Å². The number of benzene rings is 1. The average Bonchev–Trinajstić information content (AvgIpc) is 2.87. The molecular formula is C16H22O4. The van der Waals surface area contributed by atoms with E-state index in [0.29, 0.717) is 6.61 Å². The molecule has 1 aromatic carbocycles. The van der Waals surface area contributed by atoms with Gasteiger partial charge in [-0.25, -0.2) is 0 Å². The second kappa shape index (κ2) is 6.22. The van der Waals surface area contributed by atoms with Crippen molar-refractivity contribution in [3.8, 4) is 0 Å². The lowest BCUT2D eigenvalue weighted by Crippen LogP contribution is -2.45. The van der Waals surface area contributed by atoms with Crippen molar-refractivity contribution in [1.82, 2.24) is 0 Å². The number of fused-ring (bicyclic) bond motifs is 2. The molecule has 4 heteroatoms. The zero-order chi connectivity index (χ0) is 13.9. The lowest BCUT2D eigenvalue weighted by molar-refractivity contribution is -0.206. The highest BCUT2D eigenvalue weighted by atomic mass is 16.8. The van der Waals surface area contributed by atoms with E-state index in [1.807, 2.05) is 18.2 Å². The lowest BCUT2D eigenvalue weighted by Gasteiger charge is -2.33. The monoisotopic (exact) mass is 278 g/mol. The largest absolute Gasteiger partial charge is 0.379 e. The normalized spacial score (nSPS) is 36.2. The number of ether oxygens (including phenoxy) is 4. The van der Waals surface area contributed by atoms with Crippen molar-refractivity contribution in [2.75, 3.05) is 7.11 Å². The van der Waals surface area contributed by atoms with Crippen molar-refractivity contribution < 1.29 is 18.9 Å². The molecule has 3 rings (SSSR count). The molecule has 0 aliphatic carbocycles. The van der Waals surface area contributed by atoms with Gasteiger partial charge in [-0.3, -0.25) is 0 Å². The Morgan fingerprint density at radius 3 is 2.65 bits per heavy atom. The van der Waals surface area contributed by atoms with Crippen molar-refractivity contribution in [3.05, 3.63) is 35.9 Å². The predicted molar refractivity (Wildman–Crippen MR) is 74.3 cm³/mol. The first kappa shape index (κ1) is 14.0. The van der Waals surface area contributed by atoms with E-state index in [9.17, 15) is 0 Å². The Labute approximate surface area is 120 Å². The Hall–Kier alpha value is -0.940. The predicted octanol–water partition coefficient (Wildman–Crippen LogP) is 2.51. The van der Waals surface area contributed by atoms with Gasteiger partial charge >= 0.3 is 0 Å². The Bertz CT molecular complexity index is 422. The van der Waals surface area contributed by atoms with Gasteiger partial charge in [0.05, 0.1) is 18.8 Å². The van der Waals surface area contributed by atoms with E-state index in [1.54, 1.807) is 7.11 Å². The molecule has 0 aromatic heterocycles. The van der Waals surface area contributed by atoms with Gasteiger partial charge in [-0.15, -0.1) is 0 Å². The highest BCUT2D eigenvalue weighted by molar-refractivity contribution is 5.13. The van der Waals surface area contributed by atoms with Gasteiger partial charge in [-0.1, -0.05) is 37.3 Å². The third-order valence-electron chi connectivity index (χ3n) is 4.11. The van der Waals surface area contributed by atoms with Gasteiger partial charge in [0.15, 0.2) is 6.29 Å². The molecule has 0 radical (unpaired) electrons. The van der Waals surface area contributed by atoms with Crippen LogP contribution in [0.2, 0.25) is 0 Å². The Balaban J connectivity index is 1.62. The molecule has 0 N–H and O–H groups in total. The number of hydrogen-bond donors (Lipinski definition) is 0. The van der Waals surface area contributed by atoms with Crippen LogP contribution in [0.25, 0.3) is 0 Å². The Kier molecular flexibility index (Phi) is 4.36. The van der Waals surface area contributed by atoms with Gasteiger partial charge in [-0.05, 0) is 12.0 Å². The molecule has 110 valence electrons. The first-order chi connectivity index (χ1) is 9.81. The van der Waals surface area contributed by atoms with Crippen molar-refractivity contribution >= 4 is 0 Å². The number of methoxy groups -OCH3 is 1. The Morgan fingerprint density at radius 1 is 1.15 bits per heavy atom. The van der Waals surface area contributed by atoms with Crippen molar-refractivity contribution in [3.63, 3.8) is 0 Å². The molecule has 5 unspecified atom stereocenters. The smallest absolute Gasteiger partial charge is 0.184 e. The van der Waals surface area contributed by atoms with Gasteiger partial charge in [0.2, 0.25) is 0 Å². The van der Waals surface area contributed by atoms with Gasteiger partial charge in [0.25, 0.3) is 0 Å². The van der Waals surface area contributed by atoms with Crippen LogP contribution in [0.1, 0.15) is 25.3 Å². The fraction of sp³-hybridized carbons (Fsp3) is 0.625. The van der Waals surface area contributed by atoms with E-state index in [4.69, 9.17) is 18.9 Å². The summed E-state index contributed by atoms with van der Waals surface area (Å²) in [5, 5.41) is 0. The number of hydrogen-bond acceptors (Lipinski definition) is 4. The molecule has 2 aliphatic heterocycles. The third kappa shape index (κ3) is 2.74. The topological polar surface area (TPSA) is 36.9 Å². The first-order valence-electron chi connectivity index (χ1n) is 7.31. The van der Waals surface area contributed by atoms with E-state index >= 15 is 0 Å². The van der Waals surface area contributed by atoms with Crippen LogP contribution in [0.15, 0.2) is 30.3 Å². The van der Waals surface area contributed by atoms with Crippen LogP contribution >= 0.6 is 0 Å². The molecule has 5 atom stereocenters. The molecule has 4 nitrogen and oxygen atoms in total. The minimum absolute atomic E-state index is 0.0478. The molecule has 2 aliphatic rings. The maximum atomic E-state index is 5.99. The zero-order valence-corrected chi connectivity index (χ0v) is 12.0. The third-order valence-corrected chi connectivity index (χ3v) is 4.11. The quantitative estimate of drug-likeness (QED) is 0.829. The SMILES string of the molecule is CCC1OC2OC1C(OC)CC2OCc1ccccc1. The molecule has 2 bridgehead atoms. The van der Waals surface area contributed by atoms with Gasteiger partial charge in [0, 0.05) is 13.5 Å². The first-order valence-corrected chi connectivity index (χ1v) is 7.31. The molecule has 2 heterocycles. The van der Waals surface area contributed by atoms with E-state index in [-0.39, 0.29) is 30.7 Å².